The quantitative estimate of drug-likeness (QED) is 0.173. The van der Waals surface area contributed by atoms with E-state index in [1.807, 2.05) is 0 Å². The lowest BCUT2D eigenvalue weighted by atomic mass is 10.1. The highest BCUT2D eigenvalue weighted by molar-refractivity contribution is 6.53. The maximum Gasteiger partial charge on any atom is 0.257 e. The largest absolute Gasteiger partial charge is 0.326 e. The maximum atomic E-state index is 14.8. The Hall–Kier alpha value is -3.33. The second-order valence-corrected chi connectivity index (χ2v) is 12.2. The Morgan fingerprint density at radius 3 is 2.02 bits per heavy atom. The third-order valence-electron chi connectivity index (χ3n) is 6.57. The number of halogens is 6. The topological polar surface area (TPSA) is 87.3 Å². The molecule has 1 aliphatic rings. The lowest BCUT2D eigenvalue weighted by Crippen LogP contribution is -2.18. The predicted octanol–water partition coefficient (Wildman–Crippen LogP) is 8.82. The number of rotatable bonds is 7. The number of carbonyl (C=O) groups is 3. The monoisotopic (exact) mass is 663 g/mol. The molecule has 0 radical (unpaired) electrons. The average molecular weight is 666 g/mol. The van der Waals surface area contributed by atoms with Crippen molar-refractivity contribution in [2.24, 2.45) is 5.92 Å². The molecule has 2 atom stereocenters. The van der Waals surface area contributed by atoms with E-state index in [0.29, 0.717) is 21.2 Å². The predicted molar refractivity (Wildman–Crippen MR) is 166 cm³/mol. The van der Waals surface area contributed by atoms with Gasteiger partial charge < -0.3 is 16.0 Å². The van der Waals surface area contributed by atoms with Crippen molar-refractivity contribution in [3.63, 3.8) is 0 Å². The Balaban J connectivity index is 1.27. The third-order valence-corrected chi connectivity index (χ3v) is 8.28. The van der Waals surface area contributed by atoms with Crippen LogP contribution in [0.2, 0.25) is 15.1 Å². The van der Waals surface area contributed by atoms with Crippen LogP contribution in [-0.4, -0.2) is 22.1 Å². The van der Waals surface area contributed by atoms with E-state index in [2.05, 4.69) is 16.0 Å². The number of benzene rings is 4. The zero-order chi connectivity index (χ0) is 30.2. The number of nitrogens with one attached hydrogen (secondary N) is 3. The fourth-order valence-corrected chi connectivity index (χ4v) is 6.07. The summed E-state index contributed by atoms with van der Waals surface area (Å²) < 4.78 is 13.4. The van der Waals surface area contributed by atoms with Crippen molar-refractivity contribution < 1.29 is 18.8 Å². The van der Waals surface area contributed by atoms with Crippen LogP contribution >= 0.6 is 58.0 Å². The molecule has 1 aliphatic carbocycles. The minimum atomic E-state index is -1.39. The lowest BCUT2D eigenvalue weighted by molar-refractivity contribution is -0.117. The second kappa shape index (κ2) is 12.1. The van der Waals surface area contributed by atoms with E-state index < -0.39 is 39.7 Å². The first-order chi connectivity index (χ1) is 19.9. The van der Waals surface area contributed by atoms with Crippen molar-refractivity contribution in [3.8, 4) is 0 Å². The molecular formula is C30H19Cl5FN3O3. The highest BCUT2D eigenvalue weighted by atomic mass is 35.5. The van der Waals surface area contributed by atoms with Gasteiger partial charge in [0.05, 0.1) is 22.2 Å². The molecule has 0 saturated heterocycles. The smallest absolute Gasteiger partial charge is 0.257 e. The summed E-state index contributed by atoms with van der Waals surface area (Å²) in [5.74, 6) is -3.79. The van der Waals surface area contributed by atoms with Gasteiger partial charge in [0, 0.05) is 32.9 Å². The molecule has 1 fully saturated rings. The first-order valence-corrected chi connectivity index (χ1v) is 14.2. The van der Waals surface area contributed by atoms with Crippen LogP contribution in [-0.2, 0) is 4.79 Å². The third kappa shape index (κ3) is 6.51. The minimum absolute atomic E-state index is 0.0210. The molecule has 0 aromatic heterocycles. The number of anilines is 3. The number of alkyl halides is 2. The van der Waals surface area contributed by atoms with Gasteiger partial charge in [-0.2, -0.15) is 0 Å². The van der Waals surface area contributed by atoms with Crippen molar-refractivity contribution in [3.05, 3.63) is 123 Å². The highest BCUT2D eigenvalue weighted by Crippen LogP contribution is 2.65. The highest BCUT2D eigenvalue weighted by Gasteiger charge is 2.67. The van der Waals surface area contributed by atoms with Gasteiger partial charge in [0.2, 0.25) is 5.91 Å². The van der Waals surface area contributed by atoms with Gasteiger partial charge in [-0.25, -0.2) is 4.39 Å². The number of hydrogen-bond acceptors (Lipinski definition) is 3. The van der Waals surface area contributed by atoms with E-state index in [4.69, 9.17) is 58.0 Å². The summed E-state index contributed by atoms with van der Waals surface area (Å²) in [5.41, 5.74) is 1.31. The van der Waals surface area contributed by atoms with Crippen molar-refractivity contribution in [1.82, 2.24) is 0 Å². The van der Waals surface area contributed by atoms with Gasteiger partial charge in [0.25, 0.3) is 11.8 Å². The summed E-state index contributed by atoms with van der Waals surface area (Å²) in [4.78, 5) is 38.4. The van der Waals surface area contributed by atoms with Crippen LogP contribution in [0.3, 0.4) is 0 Å². The van der Waals surface area contributed by atoms with Crippen molar-refractivity contribution in [1.29, 1.82) is 0 Å². The standard InChI is InChI=1S/C30H19Cl5FN3O3/c31-17-10-16(11-18(32)12-17)25-26(30(25,34)35)29(42)38-19-6-8-22(33)21(13-19)28(41)39-24-9-7-20(14-23(24)36)37-27(40)15-4-2-1-3-5-15/h1-14,25-26H,(H,37,40)(H,38,42)(H,39,41). The van der Waals surface area contributed by atoms with Crippen LogP contribution in [0, 0.1) is 11.7 Å². The van der Waals surface area contributed by atoms with Gasteiger partial charge in [0.15, 0.2) is 0 Å². The van der Waals surface area contributed by atoms with E-state index in [-0.39, 0.29) is 27.6 Å². The van der Waals surface area contributed by atoms with Gasteiger partial charge in [-0.05, 0) is 72.3 Å². The van der Waals surface area contributed by atoms with Gasteiger partial charge in [-0.1, -0.05) is 53.0 Å². The van der Waals surface area contributed by atoms with Gasteiger partial charge >= 0.3 is 0 Å². The summed E-state index contributed by atoms with van der Waals surface area (Å²) >= 11 is 31.3. The molecule has 0 bridgehead atoms. The molecule has 4 aromatic carbocycles. The number of carbonyl (C=O) groups excluding carboxylic acids is 3. The zero-order valence-electron chi connectivity index (χ0n) is 21.2. The van der Waals surface area contributed by atoms with Gasteiger partial charge in [0.1, 0.15) is 10.2 Å². The van der Waals surface area contributed by atoms with E-state index in [1.54, 1.807) is 48.5 Å². The molecule has 1 saturated carbocycles. The number of amides is 3. The molecule has 5 rings (SSSR count). The molecule has 3 amide bonds. The molecule has 4 aromatic rings. The van der Waals surface area contributed by atoms with Crippen LogP contribution < -0.4 is 16.0 Å². The normalized spacial score (nSPS) is 16.8. The molecule has 0 aliphatic heterocycles. The summed E-state index contributed by atoms with van der Waals surface area (Å²) in [5, 5.41) is 8.58. The molecule has 0 spiro atoms. The molecule has 6 nitrogen and oxygen atoms in total. The van der Waals surface area contributed by atoms with Gasteiger partial charge in [-0.3, -0.25) is 14.4 Å². The first kappa shape index (κ1) is 30.1. The minimum Gasteiger partial charge on any atom is -0.326 e. The lowest BCUT2D eigenvalue weighted by Gasteiger charge is -2.12. The van der Waals surface area contributed by atoms with Crippen LogP contribution in [0.4, 0.5) is 21.5 Å². The SMILES string of the molecule is O=C(Nc1ccc(NC(=O)c2cc(NC(=O)C3C(c4cc(Cl)cc(Cl)c4)C3(Cl)Cl)ccc2Cl)c(F)c1)c1ccccc1. The molecule has 0 heterocycles. The first-order valence-electron chi connectivity index (χ1n) is 12.4. The van der Waals surface area contributed by atoms with Crippen LogP contribution in [0.5, 0.6) is 0 Å². The fourth-order valence-electron chi connectivity index (χ4n) is 4.50. The van der Waals surface area contributed by atoms with E-state index in [0.717, 1.165) is 6.07 Å². The van der Waals surface area contributed by atoms with Crippen molar-refractivity contribution in [2.45, 2.75) is 10.3 Å². The van der Waals surface area contributed by atoms with E-state index in [1.165, 1.54) is 30.3 Å². The Morgan fingerprint density at radius 1 is 0.714 bits per heavy atom. The molecule has 3 N–H and O–H groups in total. The molecule has 214 valence electrons. The Bertz CT molecular complexity index is 1700. The summed E-state index contributed by atoms with van der Waals surface area (Å²) in [6.45, 7) is 0. The van der Waals surface area contributed by atoms with Crippen molar-refractivity contribution >= 4 is 92.8 Å². The summed E-state index contributed by atoms with van der Waals surface area (Å²) in [6, 6.07) is 21.4. The molecule has 42 heavy (non-hydrogen) atoms. The van der Waals surface area contributed by atoms with Crippen LogP contribution in [0.15, 0.2) is 84.9 Å². The Labute approximate surface area is 265 Å². The second-order valence-electron chi connectivity index (χ2n) is 9.49. The summed E-state index contributed by atoms with van der Waals surface area (Å²) in [6.07, 6.45) is 0. The molecule has 12 heteroatoms. The summed E-state index contributed by atoms with van der Waals surface area (Å²) in [7, 11) is 0. The average Bonchev–Trinajstić information content (AvgIpc) is 3.53. The zero-order valence-corrected chi connectivity index (χ0v) is 25.0. The van der Waals surface area contributed by atoms with E-state index >= 15 is 0 Å². The van der Waals surface area contributed by atoms with Crippen LogP contribution in [0.1, 0.15) is 32.2 Å². The maximum absolute atomic E-state index is 14.8. The van der Waals surface area contributed by atoms with E-state index in [9.17, 15) is 18.8 Å². The van der Waals surface area contributed by atoms with Crippen LogP contribution in [0.25, 0.3) is 0 Å². The van der Waals surface area contributed by atoms with Gasteiger partial charge in [-0.15, -0.1) is 23.2 Å². The molecule has 2 unspecified atom stereocenters. The Kier molecular flexibility index (Phi) is 8.69. The van der Waals surface area contributed by atoms with Crippen molar-refractivity contribution in [2.75, 3.05) is 16.0 Å². The number of hydrogen-bond donors (Lipinski definition) is 3. The molecular weight excluding hydrogens is 647 g/mol. The Morgan fingerprint density at radius 2 is 1.36 bits per heavy atom. The fraction of sp³-hybridized carbons (Fsp3) is 0.100.